The molecule has 8 heteroatoms. The number of aliphatic hydroxyl groups is 1. The van der Waals surface area contributed by atoms with Crippen LogP contribution in [0.3, 0.4) is 0 Å². The van der Waals surface area contributed by atoms with Gasteiger partial charge in [-0.2, -0.15) is 0 Å². The van der Waals surface area contributed by atoms with Gasteiger partial charge in [0, 0.05) is 13.5 Å². The van der Waals surface area contributed by atoms with Crippen LogP contribution in [-0.4, -0.2) is 42.4 Å². The van der Waals surface area contributed by atoms with Gasteiger partial charge in [0.25, 0.3) is 0 Å². The Kier molecular flexibility index (Phi) is 6.71. The fourth-order valence-corrected chi connectivity index (χ4v) is 1.04. The minimum atomic E-state index is -4.08. The van der Waals surface area contributed by atoms with Crippen LogP contribution < -0.4 is 0 Å². The van der Waals surface area contributed by atoms with Gasteiger partial charge in [-0.25, -0.2) is 4.57 Å². The average Bonchev–Trinajstić information content (AvgIpc) is 2.23. The van der Waals surface area contributed by atoms with E-state index in [0.29, 0.717) is 0 Å². The van der Waals surface area contributed by atoms with Gasteiger partial charge in [0.05, 0.1) is 6.61 Å². The van der Waals surface area contributed by atoms with E-state index in [2.05, 4.69) is 13.8 Å². The van der Waals surface area contributed by atoms with E-state index in [-0.39, 0.29) is 13.0 Å². The Balaban J connectivity index is 3.71. The summed E-state index contributed by atoms with van der Waals surface area (Å²) in [5.74, 6) is -0.465. The second-order valence-corrected chi connectivity index (χ2v) is 4.20. The summed E-state index contributed by atoms with van der Waals surface area (Å²) >= 11 is 0. The summed E-state index contributed by atoms with van der Waals surface area (Å²) in [5.41, 5.74) is 0. The Morgan fingerprint density at radius 3 is 2.53 bits per heavy atom. The van der Waals surface area contributed by atoms with Gasteiger partial charge < -0.3 is 14.7 Å². The molecule has 0 heterocycles. The number of carbonyl (C=O) groups excluding carboxylic acids is 1. The number of phosphoric acid groups is 1. The van der Waals surface area contributed by atoms with Gasteiger partial charge in [0.1, 0.15) is 12.7 Å². The molecule has 0 saturated carbocycles. The first kappa shape index (κ1) is 14.5. The van der Waals surface area contributed by atoms with Crippen molar-refractivity contribution in [2.75, 3.05) is 20.3 Å². The largest absolute Gasteiger partial charge is 0.472 e. The maximum Gasteiger partial charge on any atom is 0.472 e. The Labute approximate surface area is 87.6 Å². The van der Waals surface area contributed by atoms with Crippen LogP contribution in [0, 0.1) is 0 Å². The lowest BCUT2D eigenvalue weighted by atomic mass is 10.4. The van der Waals surface area contributed by atoms with Crippen molar-refractivity contribution in [1.82, 2.24) is 0 Å². The van der Waals surface area contributed by atoms with Crippen molar-refractivity contribution in [2.24, 2.45) is 0 Å². The van der Waals surface area contributed by atoms with E-state index in [1.807, 2.05) is 0 Å². The second-order valence-electron chi connectivity index (χ2n) is 2.64. The van der Waals surface area contributed by atoms with Crippen molar-refractivity contribution in [3.63, 3.8) is 0 Å². The van der Waals surface area contributed by atoms with Gasteiger partial charge in [-0.05, 0) is 0 Å². The lowest BCUT2D eigenvalue weighted by Crippen LogP contribution is -2.23. The quantitative estimate of drug-likeness (QED) is 0.480. The third-order valence-electron chi connectivity index (χ3n) is 1.39. The molecule has 0 spiro atoms. The van der Waals surface area contributed by atoms with Crippen molar-refractivity contribution in [3.05, 3.63) is 0 Å². The molecule has 0 fully saturated rings. The van der Waals surface area contributed by atoms with E-state index in [1.54, 1.807) is 6.92 Å². The number of aliphatic hydroxyl groups excluding tert-OH is 1. The highest BCUT2D eigenvalue weighted by Crippen LogP contribution is 2.41. The van der Waals surface area contributed by atoms with Crippen molar-refractivity contribution in [2.45, 2.75) is 19.4 Å². The van der Waals surface area contributed by atoms with Crippen LogP contribution in [0.15, 0.2) is 0 Å². The number of esters is 1. The van der Waals surface area contributed by atoms with Crippen LogP contribution in [0.2, 0.25) is 0 Å². The zero-order valence-electron chi connectivity index (χ0n) is 8.58. The Morgan fingerprint density at radius 1 is 1.47 bits per heavy atom. The molecule has 0 aliphatic rings. The molecule has 0 rings (SSSR count). The van der Waals surface area contributed by atoms with Crippen molar-refractivity contribution < 1.29 is 33.1 Å². The number of phosphoric ester groups is 1. The maximum absolute atomic E-state index is 10.8. The summed E-state index contributed by atoms with van der Waals surface area (Å²) in [7, 11) is -3.08. The van der Waals surface area contributed by atoms with Crippen molar-refractivity contribution in [3.8, 4) is 0 Å². The van der Waals surface area contributed by atoms with Gasteiger partial charge in [-0.15, -0.1) is 0 Å². The smallest absolute Gasteiger partial charge is 0.463 e. The molecule has 0 radical (unpaired) electrons. The first-order valence-corrected chi connectivity index (χ1v) is 5.77. The molecule has 0 aliphatic carbocycles. The van der Waals surface area contributed by atoms with Crippen LogP contribution in [0.25, 0.3) is 0 Å². The normalized spacial score (nSPS) is 16.8. The topological polar surface area (TPSA) is 102 Å². The Hall–Kier alpha value is -0.460. The molecule has 2 atom stereocenters. The highest BCUT2D eigenvalue weighted by atomic mass is 31.2. The summed E-state index contributed by atoms with van der Waals surface area (Å²) in [5, 5.41) is 9.16. The molecule has 15 heavy (non-hydrogen) atoms. The van der Waals surface area contributed by atoms with E-state index in [4.69, 9.17) is 10.00 Å². The summed E-state index contributed by atoms with van der Waals surface area (Å²) in [6, 6.07) is 0. The molecular weight excluding hydrogens is 227 g/mol. The van der Waals surface area contributed by atoms with E-state index >= 15 is 0 Å². The predicted octanol–water partition coefficient (Wildman–Crippen LogP) is 0.0639. The van der Waals surface area contributed by atoms with Crippen molar-refractivity contribution in [1.29, 1.82) is 0 Å². The van der Waals surface area contributed by atoms with Gasteiger partial charge >= 0.3 is 13.8 Å². The zero-order valence-corrected chi connectivity index (χ0v) is 9.48. The van der Waals surface area contributed by atoms with Crippen molar-refractivity contribution >= 4 is 13.8 Å². The van der Waals surface area contributed by atoms with E-state index < -0.39 is 26.5 Å². The van der Waals surface area contributed by atoms with E-state index in [9.17, 15) is 9.36 Å². The standard InChI is InChI=1S/C7H15O7P/c1-3-7(9)13-4-6(8)5-14-15(10,11)12-2/h6,8H,3-5H2,1-2H3,(H,10,11)/t6-/m1/s1. The molecule has 0 saturated heterocycles. The summed E-state index contributed by atoms with van der Waals surface area (Å²) in [6.07, 6.45) is -0.958. The highest BCUT2D eigenvalue weighted by Gasteiger charge is 2.20. The molecule has 0 aliphatic heterocycles. The number of carbonyl (C=O) groups is 1. The average molecular weight is 242 g/mol. The van der Waals surface area contributed by atoms with E-state index in [0.717, 1.165) is 7.11 Å². The predicted molar refractivity (Wildman–Crippen MR) is 50.0 cm³/mol. The molecule has 0 aromatic heterocycles. The third-order valence-corrected chi connectivity index (χ3v) is 2.32. The van der Waals surface area contributed by atoms with Crippen LogP contribution in [0.1, 0.15) is 13.3 Å². The summed E-state index contributed by atoms with van der Waals surface area (Å²) < 4.78 is 23.8. The molecule has 1 unspecified atom stereocenters. The van der Waals surface area contributed by atoms with Crippen LogP contribution in [-0.2, 0) is 23.1 Å². The summed E-state index contributed by atoms with van der Waals surface area (Å²) in [6.45, 7) is 0.882. The molecule has 0 aromatic rings. The van der Waals surface area contributed by atoms with Gasteiger partial charge in [0.2, 0.25) is 0 Å². The number of hydrogen-bond donors (Lipinski definition) is 2. The third kappa shape index (κ3) is 7.47. The maximum atomic E-state index is 10.8. The van der Waals surface area contributed by atoms with Crippen LogP contribution in [0.4, 0.5) is 0 Å². The molecule has 0 bridgehead atoms. The number of ether oxygens (including phenoxy) is 1. The minimum Gasteiger partial charge on any atom is -0.463 e. The molecule has 90 valence electrons. The summed E-state index contributed by atoms with van der Waals surface area (Å²) in [4.78, 5) is 19.5. The first-order chi connectivity index (χ1) is 6.91. The van der Waals surface area contributed by atoms with Gasteiger partial charge in [-0.3, -0.25) is 13.8 Å². The lowest BCUT2D eigenvalue weighted by Gasteiger charge is -2.13. The molecule has 7 nitrogen and oxygen atoms in total. The monoisotopic (exact) mass is 242 g/mol. The molecular formula is C7H15O7P. The number of hydrogen-bond acceptors (Lipinski definition) is 6. The molecule has 0 aromatic carbocycles. The van der Waals surface area contributed by atoms with Crippen LogP contribution in [0.5, 0.6) is 0 Å². The fraction of sp³-hybridized carbons (Fsp3) is 0.857. The Bertz CT molecular complexity index is 241. The molecule has 2 N–H and O–H groups in total. The molecule has 0 amide bonds. The first-order valence-electron chi connectivity index (χ1n) is 4.28. The van der Waals surface area contributed by atoms with Crippen LogP contribution >= 0.6 is 7.82 Å². The fourth-order valence-electron chi connectivity index (χ4n) is 0.572. The minimum absolute atomic E-state index is 0.199. The zero-order chi connectivity index (χ0) is 11.9. The van der Waals surface area contributed by atoms with E-state index in [1.165, 1.54) is 0 Å². The SMILES string of the molecule is CCC(=O)OC[C@@H](O)COP(=O)(O)OC. The Morgan fingerprint density at radius 2 is 2.07 bits per heavy atom. The lowest BCUT2D eigenvalue weighted by molar-refractivity contribution is -0.146. The number of rotatable bonds is 7. The second kappa shape index (κ2) is 6.92. The highest BCUT2D eigenvalue weighted by molar-refractivity contribution is 7.47. The van der Waals surface area contributed by atoms with Gasteiger partial charge in [-0.1, -0.05) is 6.92 Å². The van der Waals surface area contributed by atoms with Gasteiger partial charge in [0.15, 0.2) is 0 Å².